The van der Waals surface area contributed by atoms with Crippen molar-refractivity contribution in [2.75, 3.05) is 30.4 Å². The molecule has 7 nitrogen and oxygen atoms in total. The maximum atomic E-state index is 13.6. The van der Waals surface area contributed by atoms with Gasteiger partial charge in [-0.2, -0.15) is 0 Å². The first-order chi connectivity index (χ1) is 14.8. The summed E-state index contributed by atoms with van der Waals surface area (Å²) in [7, 11) is -1.18. The Hall–Kier alpha value is -3.04. The van der Waals surface area contributed by atoms with Crippen molar-refractivity contribution >= 4 is 43.2 Å². The summed E-state index contributed by atoms with van der Waals surface area (Å²) in [5, 5.41) is 2.72. The molecule has 0 aliphatic carbocycles. The van der Waals surface area contributed by atoms with Crippen LogP contribution in [0, 0.1) is 0 Å². The zero-order valence-corrected chi connectivity index (χ0v) is 19.3. The van der Waals surface area contributed by atoms with Crippen LogP contribution in [0.4, 0.5) is 11.4 Å². The number of hydrogen-bond donors (Lipinski definition) is 1. The Balaban J connectivity index is 1.95. The summed E-state index contributed by atoms with van der Waals surface area (Å²) in [6, 6.07) is 19.9. The van der Waals surface area contributed by atoms with Crippen LogP contribution in [0.1, 0.15) is 0 Å². The number of rotatable bonds is 8. The Labute approximate surface area is 189 Å². The number of nitrogens with one attached hydrogen (secondary N) is 1. The van der Waals surface area contributed by atoms with Gasteiger partial charge < -0.3 is 14.8 Å². The summed E-state index contributed by atoms with van der Waals surface area (Å²) >= 11 is 3.30. The monoisotopic (exact) mass is 504 g/mol. The number of benzene rings is 3. The van der Waals surface area contributed by atoms with E-state index in [4.69, 9.17) is 9.47 Å². The number of nitrogens with zero attached hydrogens (tertiary/aromatic N) is 1. The normalized spacial score (nSPS) is 10.9. The van der Waals surface area contributed by atoms with E-state index in [0.717, 1.165) is 4.31 Å². The number of methoxy groups -OCH3 is 2. The van der Waals surface area contributed by atoms with Crippen molar-refractivity contribution < 1.29 is 22.7 Å². The molecule has 0 saturated carbocycles. The smallest absolute Gasteiger partial charge is 0.268 e. The van der Waals surface area contributed by atoms with E-state index in [1.54, 1.807) is 73.8 Å². The fraction of sp³-hybridized carbons (Fsp3) is 0.136. The summed E-state index contributed by atoms with van der Waals surface area (Å²) < 4.78 is 39.1. The van der Waals surface area contributed by atoms with Gasteiger partial charge in [0, 0.05) is 10.2 Å². The van der Waals surface area contributed by atoms with Crippen molar-refractivity contribution in [1.82, 2.24) is 0 Å². The lowest BCUT2D eigenvalue weighted by Gasteiger charge is -2.25. The number of anilines is 2. The highest BCUT2D eigenvalue weighted by molar-refractivity contribution is 9.10. The molecule has 1 amide bonds. The highest BCUT2D eigenvalue weighted by atomic mass is 79.9. The van der Waals surface area contributed by atoms with E-state index in [0.29, 0.717) is 21.6 Å². The number of carbonyl (C=O) groups excluding carboxylic acids is 1. The van der Waals surface area contributed by atoms with Crippen LogP contribution in [0.3, 0.4) is 0 Å². The molecule has 0 saturated heterocycles. The molecular formula is C22H21BrN2O5S. The van der Waals surface area contributed by atoms with Gasteiger partial charge >= 0.3 is 0 Å². The van der Waals surface area contributed by atoms with Crippen LogP contribution in [0.5, 0.6) is 11.5 Å². The lowest BCUT2D eigenvalue weighted by atomic mass is 10.3. The molecule has 1 N–H and O–H groups in total. The molecule has 0 aliphatic heterocycles. The predicted molar refractivity (Wildman–Crippen MR) is 123 cm³/mol. The standard InChI is InChI=1S/C22H21BrN2O5S/c1-29-19-11-9-17(10-12-19)24-22(26)15-25(18-6-4-3-5-7-18)31(27,28)21-14-16(23)8-13-20(21)30-2/h3-14H,15H2,1-2H3,(H,24,26). The summed E-state index contributed by atoms with van der Waals surface area (Å²) in [6.07, 6.45) is 0. The quantitative estimate of drug-likeness (QED) is 0.494. The largest absolute Gasteiger partial charge is 0.497 e. The number of amides is 1. The predicted octanol–water partition coefficient (Wildman–Crippen LogP) is 4.30. The van der Waals surface area contributed by atoms with Crippen molar-refractivity contribution in [2.24, 2.45) is 0 Å². The lowest BCUT2D eigenvalue weighted by Crippen LogP contribution is -2.38. The van der Waals surface area contributed by atoms with E-state index in [-0.39, 0.29) is 10.6 Å². The van der Waals surface area contributed by atoms with Gasteiger partial charge in [-0.1, -0.05) is 34.1 Å². The SMILES string of the molecule is COc1ccc(NC(=O)CN(c2ccccc2)S(=O)(=O)c2cc(Br)ccc2OC)cc1. The van der Waals surface area contributed by atoms with E-state index in [1.165, 1.54) is 13.2 Å². The molecular weight excluding hydrogens is 484 g/mol. The van der Waals surface area contributed by atoms with Gasteiger partial charge in [-0.3, -0.25) is 9.10 Å². The molecule has 0 fully saturated rings. The number of ether oxygens (including phenoxy) is 2. The maximum Gasteiger partial charge on any atom is 0.268 e. The van der Waals surface area contributed by atoms with Crippen LogP contribution in [0.15, 0.2) is 82.2 Å². The van der Waals surface area contributed by atoms with Crippen LogP contribution in [-0.4, -0.2) is 35.1 Å². The van der Waals surface area contributed by atoms with Gasteiger partial charge in [0.2, 0.25) is 5.91 Å². The van der Waals surface area contributed by atoms with Crippen molar-refractivity contribution in [3.05, 3.63) is 77.3 Å². The first-order valence-electron chi connectivity index (χ1n) is 9.20. The lowest BCUT2D eigenvalue weighted by molar-refractivity contribution is -0.114. The second-order valence-electron chi connectivity index (χ2n) is 6.42. The zero-order valence-electron chi connectivity index (χ0n) is 16.9. The van der Waals surface area contributed by atoms with Gasteiger partial charge in [0.25, 0.3) is 10.0 Å². The second kappa shape index (κ2) is 9.84. The van der Waals surface area contributed by atoms with Gasteiger partial charge in [0.05, 0.1) is 19.9 Å². The molecule has 162 valence electrons. The fourth-order valence-corrected chi connectivity index (χ4v) is 5.00. The average Bonchev–Trinajstić information content (AvgIpc) is 2.78. The molecule has 3 rings (SSSR count). The van der Waals surface area contributed by atoms with Gasteiger partial charge in [-0.25, -0.2) is 8.42 Å². The minimum absolute atomic E-state index is 0.0505. The first-order valence-corrected chi connectivity index (χ1v) is 11.4. The third kappa shape index (κ3) is 5.36. The minimum Gasteiger partial charge on any atom is -0.497 e. The van der Waals surface area contributed by atoms with Crippen molar-refractivity contribution in [1.29, 1.82) is 0 Å². The van der Waals surface area contributed by atoms with E-state index < -0.39 is 22.5 Å². The molecule has 0 unspecified atom stereocenters. The first kappa shape index (κ1) is 22.6. The van der Waals surface area contributed by atoms with Crippen LogP contribution in [-0.2, 0) is 14.8 Å². The summed E-state index contributed by atoms with van der Waals surface area (Å²) in [6.45, 7) is -0.423. The Bertz CT molecular complexity index is 1150. The summed E-state index contributed by atoms with van der Waals surface area (Å²) in [5.74, 6) is 0.333. The molecule has 0 bridgehead atoms. The van der Waals surface area contributed by atoms with Crippen molar-refractivity contribution in [2.45, 2.75) is 4.90 Å². The van der Waals surface area contributed by atoms with Gasteiger partial charge in [0.15, 0.2) is 0 Å². The molecule has 0 aliphatic rings. The Kier molecular flexibility index (Phi) is 7.19. The Morgan fingerprint density at radius 2 is 1.65 bits per heavy atom. The molecule has 3 aromatic carbocycles. The molecule has 3 aromatic rings. The minimum atomic E-state index is -4.12. The highest BCUT2D eigenvalue weighted by Gasteiger charge is 2.30. The number of para-hydroxylation sites is 1. The molecule has 0 radical (unpaired) electrons. The third-order valence-electron chi connectivity index (χ3n) is 4.40. The highest BCUT2D eigenvalue weighted by Crippen LogP contribution is 2.32. The maximum absolute atomic E-state index is 13.6. The van der Waals surface area contributed by atoms with Crippen LogP contribution in [0.25, 0.3) is 0 Å². The van der Waals surface area contributed by atoms with Crippen molar-refractivity contribution in [3.63, 3.8) is 0 Å². The molecule has 0 aromatic heterocycles. The van der Waals surface area contributed by atoms with E-state index in [1.807, 2.05) is 0 Å². The second-order valence-corrected chi connectivity index (χ2v) is 9.17. The van der Waals surface area contributed by atoms with Gasteiger partial charge in [-0.15, -0.1) is 0 Å². The van der Waals surface area contributed by atoms with Crippen molar-refractivity contribution in [3.8, 4) is 11.5 Å². The Morgan fingerprint density at radius 3 is 2.26 bits per heavy atom. The van der Waals surface area contributed by atoms with Gasteiger partial charge in [0.1, 0.15) is 22.9 Å². The van der Waals surface area contributed by atoms with Crippen LogP contribution < -0.4 is 19.1 Å². The third-order valence-corrected chi connectivity index (χ3v) is 6.69. The Morgan fingerprint density at radius 1 is 0.968 bits per heavy atom. The topological polar surface area (TPSA) is 84.9 Å². The summed E-state index contributed by atoms with van der Waals surface area (Å²) in [4.78, 5) is 12.7. The number of halogens is 1. The van der Waals surface area contributed by atoms with Crippen LogP contribution in [0.2, 0.25) is 0 Å². The van der Waals surface area contributed by atoms with E-state index in [2.05, 4.69) is 21.2 Å². The molecule has 0 heterocycles. The number of hydrogen-bond acceptors (Lipinski definition) is 5. The number of sulfonamides is 1. The zero-order chi connectivity index (χ0) is 22.4. The molecule has 9 heteroatoms. The average molecular weight is 505 g/mol. The fourth-order valence-electron chi connectivity index (χ4n) is 2.89. The summed E-state index contributed by atoms with van der Waals surface area (Å²) in [5.41, 5.74) is 0.880. The molecule has 31 heavy (non-hydrogen) atoms. The molecule has 0 spiro atoms. The van der Waals surface area contributed by atoms with E-state index in [9.17, 15) is 13.2 Å². The molecule has 0 atom stereocenters. The van der Waals surface area contributed by atoms with Gasteiger partial charge in [-0.05, 0) is 54.6 Å². The number of carbonyl (C=O) groups is 1. The van der Waals surface area contributed by atoms with E-state index >= 15 is 0 Å². The van der Waals surface area contributed by atoms with Crippen LogP contribution >= 0.6 is 15.9 Å².